The van der Waals surface area contributed by atoms with Crippen molar-refractivity contribution in [3.8, 4) is 5.75 Å². The van der Waals surface area contributed by atoms with Crippen molar-refractivity contribution in [3.63, 3.8) is 0 Å². The van der Waals surface area contributed by atoms with Crippen LogP contribution in [0.1, 0.15) is 23.2 Å². The molecule has 0 bridgehead atoms. The van der Waals surface area contributed by atoms with Gasteiger partial charge in [0.2, 0.25) is 9.84 Å². The molecule has 2 heterocycles. The van der Waals surface area contributed by atoms with E-state index in [4.69, 9.17) is 9.47 Å². The number of carbonyl (C=O) groups excluding carboxylic acids is 1. The van der Waals surface area contributed by atoms with Crippen molar-refractivity contribution in [1.29, 1.82) is 0 Å². The predicted molar refractivity (Wildman–Crippen MR) is 136 cm³/mol. The summed E-state index contributed by atoms with van der Waals surface area (Å²) in [6, 6.07) is 14.4. The number of halogens is 1. The molecule has 3 N–H and O–H groups in total. The lowest BCUT2D eigenvalue weighted by atomic mass is 10.1. The smallest absolute Gasteiger partial charge is 0.258 e. The molecule has 3 aromatic carbocycles. The van der Waals surface area contributed by atoms with Crippen molar-refractivity contribution in [3.05, 3.63) is 72.0 Å². The molecule has 4 aromatic rings. The number of fused-ring (bicyclic) bond motifs is 1. The first-order chi connectivity index (χ1) is 17.8. The van der Waals surface area contributed by atoms with Crippen molar-refractivity contribution in [2.24, 2.45) is 0 Å². The van der Waals surface area contributed by atoms with E-state index in [9.17, 15) is 17.6 Å². The Labute approximate surface area is 212 Å². The number of nitrogens with zero attached hydrogens (tertiary/aromatic N) is 1. The number of methoxy groups -OCH3 is 1. The topological polar surface area (TPSA) is 122 Å². The number of H-pyrrole nitrogens is 1. The number of aromatic amines is 1. The van der Waals surface area contributed by atoms with E-state index in [2.05, 4.69) is 20.8 Å². The third-order valence-electron chi connectivity index (χ3n) is 6.24. The number of nitrogens with one attached hydrogen (secondary N) is 3. The van der Waals surface area contributed by atoms with Crippen LogP contribution in [0.15, 0.2) is 70.5 Å². The summed E-state index contributed by atoms with van der Waals surface area (Å²) >= 11 is 0. The van der Waals surface area contributed by atoms with Gasteiger partial charge in [0, 0.05) is 30.7 Å². The molecule has 1 amide bonds. The van der Waals surface area contributed by atoms with E-state index in [0.29, 0.717) is 41.1 Å². The number of aromatic nitrogens is 2. The summed E-state index contributed by atoms with van der Waals surface area (Å²) in [6.45, 7) is 1.28. The molecule has 0 unspecified atom stereocenters. The molecule has 0 spiro atoms. The van der Waals surface area contributed by atoms with Crippen LogP contribution in [0.4, 0.5) is 15.9 Å². The number of ether oxygens (including phenoxy) is 2. The van der Waals surface area contributed by atoms with Crippen LogP contribution < -0.4 is 15.4 Å². The zero-order valence-corrected chi connectivity index (χ0v) is 20.8. The monoisotopic (exact) mass is 524 g/mol. The molecule has 0 aliphatic carbocycles. The predicted octanol–water partition coefficient (Wildman–Crippen LogP) is 4.39. The Bertz CT molecular complexity index is 1560. The highest BCUT2D eigenvalue weighted by Crippen LogP contribution is 2.30. The van der Waals surface area contributed by atoms with Gasteiger partial charge in [-0.05, 0) is 61.4 Å². The number of hydrogen-bond acceptors (Lipinski definition) is 7. The van der Waals surface area contributed by atoms with Gasteiger partial charge in [-0.3, -0.25) is 9.89 Å². The van der Waals surface area contributed by atoms with Crippen molar-refractivity contribution in [2.75, 3.05) is 31.0 Å². The number of hydrogen-bond donors (Lipinski definition) is 3. The fraction of sp³-hybridized carbons (Fsp3) is 0.231. The molecule has 37 heavy (non-hydrogen) atoms. The van der Waals surface area contributed by atoms with Gasteiger partial charge in [0.05, 0.1) is 33.7 Å². The summed E-state index contributed by atoms with van der Waals surface area (Å²) in [5, 5.41) is 13.6. The Morgan fingerprint density at radius 1 is 1.08 bits per heavy atom. The van der Waals surface area contributed by atoms with E-state index >= 15 is 0 Å². The maximum absolute atomic E-state index is 13.7. The highest BCUT2D eigenvalue weighted by Gasteiger charge is 2.22. The number of anilines is 2. The average molecular weight is 525 g/mol. The van der Waals surface area contributed by atoms with E-state index in [0.717, 1.165) is 18.9 Å². The molecule has 192 valence electrons. The summed E-state index contributed by atoms with van der Waals surface area (Å²) in [4.78, 5) is 13.1. The number of benzene rings is 3. The average Bonchev–Trinajstić information content (AvgIpc) is 3.31. The van der Waals surface area contributed by atoms with Gasteiger partial charge >= 0.3 is 0 Å². The van der Waals surface area contributed by atoms with Crippen molar-refractivity contribution < 1.29 is 27.1 Å². The summed E-state index contributed by atoms with van der Waals surface area (Å²) < 4.78 is 50.6. The van der Waals surface area contributed by atoms with Gasteiger partial charge in [-0.15, -0.1) is 0 Å². The van der Waals surface area contributed by atoms with Crippen molar-refractivity contribution in [2.45, 2.75) is 28.7 Å². The van der Waals surface area contributed by atoms with Gasteiger partial charge in [-0.2, -0.15) is 5.10 Å². The minimum atomic E-state index is -3.99. The first-order valence-corrected chi connectivity index (χ1v) is 13.2. The van der Waals surface area contributed by atoms with Gasteiger partial charge in [0.1, 0.15) is 11.6 Å². The molecular formula is C26H25FN4O5S. The largest absolute Gasteiger partial charge is 0.497 e. The molecule has 9 nitrogen and oxygen atoms in total. The van der Waals surface area contributed by atoms with E-state index in [1.807, 2.05) is 0 Å². The first kappa shape index (κ1) is 24.7. The minimum absolute atomic E-state index is 0.0474. The molecule has 0 saturated carbocycles. The lowest BCUT2D eigenvalue weighted by Crippen LogP contribution is -2.29. The number of rotatable bonds is 7. The second-order valence-electron chi connectivity index (χ2n) is 8.64. The lowest BCUT2D eigenvalue weighted by Gasteiger charge is -2.25. The quantitative estimate of drug-likeness (QED) is 0.328. The fourth-order valence-corrected chi connectivity index (χ4v) is 5.55. The van der Waals surface area contributed by atoms with Crippen molar-refractivity contribution >= 4 is 38.2 Å². The van der Waals surface area contributed by atoms with Crippen molar-refractivity contribution in [1.82, 2.24) is 10.2 Å². The zero-order chi connectivity index (χ0) is 26.0. The molecule has 1 aliphatic heterocycles. The van der Waals surface area contributed by atoms with Crippen LogP contribution in [-0.4, -0.2) is 50.9 Å². The third kappa shape index (κ3) is 5.13. The van der Waals surface area contributed by atoms with Gasteiger partial charge in [-0.25, -0.2) is 12.8 Å². The van der Waals surface area contributed by atoms with E-state index in [1.54, 1.807) is 31.4 Å². The summed E-state index contributed by atoms with van der Waals surface area (Å²) in [6.07, 6.45) is 1.62. The second-order valence-corrected chi connectivity index (χ2v) is 10.6. The van der Waals surface area contributed by atoms with Crippen LogP contribution in [0.2, 0.25) is 0 Å². The van der Waals surface area contributed by atoms with E-state index in [1.165, 1.54) is 30.3 Å². The van der Waals surface area contributed by atoms with Crippen LogP contribution in [0.5, 0.6) is 5.75 Å². The maximum atomic E-state index is 13.7. The molecule has 0 radical (unpaired) electrons. The van der Waals surface area contributed by atoms with Gasteiger partial charge in [0.15, 0.2) is 5.82 Å². The number of sulfone groups is 1. The molecule has 5 rings (SSSR count). The van der Waals surface area contributed by atoms with Crippen LogP contribution in [0.25, 0.3) is 10.9 Å². The Hall–Kier alpha value is -3.96. The maximum Gasteiger partial charge on any atom is 0.258 e. The highest BCUT2D eigenvalue weighted by molar-refractivity contribution is 7.91. The summed E-state index contributed by atoms with van der Waals surface area (Å²) in [5.41, 5.74) is 1.52. The second kappa shape index (κ2) is 10.2. The Morgan fingerprint density at radius 2 is 1.86 bits per heavy atom. The fourth-order valence-electron chi connectivity index (χ4n) is 4.23. The molecule has 11 heteroatoms. The zero-order valence-electron chi connectivity index (χ0n) is 20.0. The molecule has 1 fully saturated rings. The molecular weight excluding hydrogens is 499 g/mol. The van der Waals surface area contributed by atoms with Crippen LogP contribution in [-0.2, 0) is 14.6 Å². The molecule has 1 aromatic heterocycles. The Morgan fingerprint density at radius 3 is 2.62 bits per heavy atom. The van der Waals surface area contributed by atoms with E-state index < -0.39 is 21.6 Å². The third-order valence-corrected chi connectivity index (χ3v) is 7.98. The first-order valence-electron chi connectivity index (χ1n) is 11.7. The molecule has 1 saturated heterocycles. The van der Waals surface area contributed by atoms with Crippen LogP contribution >= 0.6 is 0 Å². The van der Waals surface area contributed by atoms with Gasteiger partial charge in [0.25, 0.3) is 5.91 Å². The molecule has 1 aliphatic rings. The van der Waals surface area contributed by atoms with Gasteiger partial charge in [-0.1, -0.05) is 6.07 Å². The lowest BCUT2D eigenvalue weighted by molar-refractivity contribution is 0.0904. The standard InChI is InChI=1S/C26H25FN4O5S/c1-35-18-5-7-21(24(14-18)28-17-9-11-36-12-10-17)26(32)29-25-22-15-20(6-8-23(22)30-31-25)37(33,34)19-4-2-3-16(27)13-19/h2-8,13-15,17,28H,9-12H2,1H3,(H2,29,30,31,32). The minimum Gasteiger partial charge on any atom is -0.497 e. The summed E-state index contributed by atoms with van der Waals surface area (Å²) in [7, 11) is -2.43. The highest BCUT2D eigenvalue weighted by atomic mass is 32.2. The molecule has 0 atom stereocenters. The SMILES string of the molecule is COc1ccc(C(=O)Nc2n[nH]c3ccc(S(=O)(=O)c4cccc(F)c4)cc23)c(NC2CCOCC2)c1. The van der Waals surface area contributed by atoms with E-state index in [-0.39, 0.29) is 21.7 Å². The van der Waals surface area contributed by atoms with Gasteiger partial charge < -0.3 is 20.1 Å². The van der Waals surface area contributed by atoms with Crippen LogP contribution in [0.3, 0.4) is 0 Å². The number of amides is 1. The Balaban J connectivity index is 1.45. The Kier molecular flexibility index (Phi) is 6.81. The normalized spacial score (nSPS) is 14.4. The summed E-state index contributed by atoms with van der Waals surface area (Å²) in [5.74, 6) is -0.306. The number of carbonyl (C=O) groups is 1. The van der Waals surface area contributed by atoms with Crippen LogP contribution in [0, 0.1) is 5.82 Å².